The Bertz CT molecular complexity index is 364. The third kappa shape index (κ3) is 3.38. The van der Waals surface area contributed by atoms with Crippen LogP contribution < -0.4 is 10.2 Å². The monoisotopic (exact) mass is 236 g/mol. The van der Waals surface area contributed by atoms with E-state index in [0.717, 1.165) is 56.6 Å². The molecule has 2 rings (SSSR count). The summed E-state index contributed by atoms with van der Waals surface area (Å²) in [6, 6.07) is 2.09. The van der Waals surface area contributed by atoms with Crippen molar-refractivity contribution in [3.8, 4) is 0 Å². The summed E-state index contributed by atoms with van der Waals surface area (Å²) in [7, 11) is 1.96. The third-order valence-electron chi connectivity index (χ3n) is 2.84. The van der Waals surface area contributed by atoms with E-state index in [1.165, 1.54) is 0 Å². The van der Waals surface area contributed by atoms with Gasteiger partial charge < -0.3 is 15.0 Å². The number of ether oxygens (including phenoxy) is 1. The minimum absolute atomic E-state index is 0.787. The molecule has 0 bridgehead atoms. The van der Waals surface area contributed by atoms with E-state index in [1.54, 1.807) is 0 Å². The summed E-state index contributed by atoms with van der Waals surface area (Å²) in [5.74, 6) is 1.88. The van der Waals surface area contributed by atoms with Gasteiger partial charge in [0, 0.05) is 37.8 Å². The first-order valence-electron chi connectivity index (χ1n) is 6.11. The zero-order valence-electron chi connectivity index (χ0n) is 10.6. The average molecular weight is 236 g/mol. The van der Waals surface area contributed by atoms with E-state index in [9.17, 15) is 0 Å². The second kappa shape index (κ2) is 5.93. The number of hydrogen-bond acceptors (Lipinski definition) is 5. The van der Waals surface area contributed by atoms with Crippen molar-refractivity contribution in [2.45, 2.75) is 13.3 Å². The van der Waals surface area contributed by atoms with Gasteiger partial charge in [0.25, 0.3) is 0 Å². The standard InChI is InChI=1S/C12H20N4O/c1-10-14-11(3-4-13-2)9-12(15-10)16-5-7-17-8-6-16/h9,13H,3-8H2,1-2H3. The van der Waals surface area contributed by atoms with Crippen molar-refractivity contribution in [2.24, 2.45) is 0 Å². The van der Waals surface area contributed by atoms with Gasteiger partial charge >= 0.3 is 0 Å². The Morgan fingerprint density at radius 1 is 1.35 bits per heavy atom. The average Bonchev–Trinajstić information content (AvgIpc) is 2.37. The zero-order chi connectivity index (χ0) is 12.1. The van der Waals surface area contributed by atoms with Gasteiger partial charge in [0.1, 0.15) is 11.6 Å². The second-order valence-corrected chi connectivity index (χ2v) is 4.22. The molecule has 0 aliphatic carbocycles. The number of rotatable bonds is 4. The first kappa shape index (κ1) is 12.3. The van der Waals surface area contributed by atoms with Crippen molar-refractivity contribution in [1.29, 1.82) is 0 Å². The number of morpholine rings is 1. The number of likely N-dealkylation sites (N-methyl/N-ethyl adjacent to an activating group) is 1. The van der Waals surface area contributed by atoms with Gasteiger partial charge in [-0.15, -0.1) is 0 Å². The van der Waals surface area contributed by atoms with E-state index in [1.807, 2.05) is 14.0 Å². The van der Waals surface area contributed by atoms with Crippen LogP contribution in [0.15, 0.2) is 6.07 Å². The second-order valence-electron chi connectivity index (χ2n) is 4.22. The third-order valence-corrected chi connectivity index (χ3v) is 2.84. The van der Waals surface area contributed by atoms with Crippen molar-refractivity contribution in [3.63, 3.8) is 0 Å². The summed E-state index contributed by atoms with van der Waals surface area (Å²) >= 11 is 0. The maximum atomic E-state index is 5.35. The van der Waals surface area contributed by atoms with Crippen LogP contribution in [0.3, 0.4) is 0 Å². The molecule has 1 saturated heterocycles. The normalized spacial score (nSPS) is 16.2. The van der Waals surface area contributed by atoms with Crippen LogP contribution in [0, 0.1) is 6.92 Å². The summed E-state index contributed by atoms with van der Waals surface area (Å²) < 4.78 is 5.35. The quantitative estimate of drug-likeness (QED) is 0.819. The lowest BCUT2D eigenvalue weighted by Crippen LogP contribution is -2.37. The van der Waals surface area contributed by atoms with Gasteiger partial charge in [-0.25, -0.2) is 9.97 Å². The number of aromatic nitrogens is 2. The highest BCUT2D eigenvalue weighted by Gasteiger charge is 2.13. The minimum Gasteiger partial charge on any atom is -0.378 e. The van der Waals surface area contributed by atoms with Crippen LogP contribution in [0.4, 0.5) is 5.82 Å². The minimum atomic E-state index is 0.787. The van der Waals surface area contributed by atoms with Crippen molar-refractivity contribution in [3.05, 3.63) is 17.6 Å². The molecule has 0 atom stereocenters. The van der Waals surface area contributed by atoms with E-state index in [4.69, 9.17) is 4.74 Å². The molecule has 5 nitrogen and oxygen atoms in total. The maximum absolute atomic E-state index is 5.35. The van der Waals surface area contributed by atoms with Crippen LogP contribution in [0.5, 0.6) is 0 Å². The Hall–Kier alpha value is -1.20. The smallest absolute Gasteiger partial charge is 0.132 e. The zero-order valence-corrected chi connectivity index (χ0v) is 10.6. The fraction of sp³-hybridized carbons (Fsp3) is 0.667. The number of anilines is 1. The number of hydrogen-bond donors (Lipinski definition) is 1. The molecule has 94 valence electrons. The van der Waals surface area contributed by atoms with Crippen LogP contribution >= 0.6 is 0 Å². The highest BCUT2D eigenvalue weighted by atomic mass is 16.5. The molecule has 1 fully saturated rings. The first-order chi connectivity index (χ1) is 8.29. The lowest BCUT2D eigenvalue weighted by Gasteiger charge is -2.28. The molecule has 0 spiro atoms. The lowest BCUT2D eigenvalue weighted by atomic mass is 10.2. The Morgan fingerprint density at radius 3 is 2.82 bits per heavy atom. The predicted molar refractivity (Wildman–Crippen MR) is 67.4 cm³/mol. The van der Waals surface area contributed by atoms with Gasteiger partial charge in [-0.2, -0.15) is 0 Å². The number of aryl methyl sites for hydroxylation is 1. The van der Waals surface area contributed by atoms with Crippen LogP contribution in [0.25, 0.3) is 0 Å². The first-order valence-corrected chi connectivity index (χ1v) is 6.11. The molecule has 1 aliphatic rings. The SMILES string of the molecule is CNCCc1cc(N2CCOCC2)nc(C)n1. The van der Waals surface area contributed by atoms with E-state index in [0.29, 0.717) is 0 Å². The molecule has 0 amide bonds. The van der Waals surface area contributed by atoms with Gasteiger partial charge in [0.05, 0.1) is 13.2 Å². The molecule has 5 heteroatoms. The molecule has 1 aromatic heterocycles. The molecule has 2 heterocycles. The van der Waals surface area contributed by atoms with Gasteiger partial charge in [-0.05, 0) is 14.0 Å². The van der Waals surface area contributed by atoms with E-state index < -0.39 is 0 Å². The molecule has 0 unspecified atom stereocenters. The highest BCUT2D eigenvalue weighted by Crippen LogP contribution is 2.14. The van der Waals surface area contributed by atoms with E-state index in [2.05, 4.69) is 26.3 Å². The molecular formula is C12H20N4O. The largest absolute Gasteiger partial charge is 0.378 e. The highest BCUT2D eigenvalue weighted by molar-refractivity contribution is 5.40. The molecule has 1 N–H and O–H groups in total. The van der Waals surface area contributed by atoms with Crippen molar-refractivity contribution < 1.29 is 4.74 Å². The Kier molecular flexibility index (Phi) is 4.28. The van der Waals surface area contributed by atoms with Crippen LogP contribution in [0.1, 0.15) is 11.5 Å². The molecule has 0 saturated carbocycles. The van der Waals surface area contributed by atoms with Crippen molar-refractivity contribution in [1.82, 2.24) is 15.3 Å². The molecule has 0 aromatic carbocycles. The molecule has 17 heavy (non-hydrogen) atoms. The number of nitrogens with one attached hydrogen (secondary N) is 1. The molecular weight excluding hydrogens is 216 g/mol. The molecule has 1 aromatic rings. The Morgan fingerprint density at radius 2 is 2.12 bits per heavy atom. The van der Waals surface area contributed by atoms with Gasteiger partial charge in [0.15, 0.2) is 0 Å². The maximum Gasteiger partial charge on any atom is 0.132 e. The Balaban J connectivity index is 2.12. The van der Waals surface area contributed by atoms with Gasteiger partial charge in [-0.3, -0.25) is 0 Å². The van der Waals surface area contributed by atoms with Crippen LogP contribution in [-0.4, -0.2) is 49.9 Å². The summed E-state index contributed by atoms with van der Waals surface area (Å²) in [5, 5.41) is 3.14. The Labute approximate surface area is 102 Å². The lowest BCUT2D eigenvalue weighted by molar-refractivity contribution is 0.122. The van der Waals surface area contributed by atoms with Crippen molar-refractivity contribution >= 4 is 5.82 Å². The summed E-state index contributed by atoms with van der Waals surface area (Å²) in [6.07, 6.45) is 0.942. The fourth-order valence-corrected chi connectivity index (χ4v) is 1.95. The van der Waals surface area contributed by atoms with Crippen LogP contribution in [0.2, 0.25) is 0 Å². The van der Waals surface area contributed by atoms with Crippen LogP contribution in [-0.2, 0) is 11.2 Å². The predicted octanol–water partition coefficient (Wildman–Crippen LogP) is 0.384. The van der Waals surface area contributed by atoms with Gasteiger partial charge in [0.2, 0.25) is 0 Å². The fourth-order valence-electron chi connectivity index (χ4n) is 1.95. The molecule has 1 aliphatic heterocycles. The topological polar surface area (TPSA) is 50.3 Å². The number of nitrogens with zero attached hydrogens (tertiary/aromatic N) is 3. The van der Waals surface area contributed by atoms with Gasteiger partial charge in [-0.1, -0.05) is 0 Å². The van der Waals surface area contributed by atoms with E-state index in [-0.39, 0.29) is 0 Å². The summed E-state index contributed by atoms with van der Waals surface area (Å²) in [6.45, 7) is 6.31. The van der Waals surface area contributed by atoms with Crippen molar-refractivity contribution in [2.75, 3.05) is 44.8 Å². The summed E-state index contributed by atoms with van der Waals surface area (Å²) in [4.78, 5) is 11.2. The van der Waals surface area contributed by atoms with E-state index >= 15 is 0 Å². The summed E-state index contributed by atoms with van der Waals surface area (Å²) in [5.41, 5.74) is 1.10. The molecule has 0 radical (unpaired) electrons.